The SMILES string of the molecule is C[C@@H](N[C@H]1CCc2ccc(F)cc21)c1ccc(S(N)(=O)=O)cc1. The van der Waals surface area contributed by atoms with Crippen molar-refractivity contribution in [1.29, 1.82) is 0 Å². The molecule has 2 aromatic carbocycles. The third-order valence-electron chi connectivity index (χ3n) is 4.35. The first kappa shape index (κ1) is 16.1. The van der Waals surface area contributed by atoms with Gasteiger partial charge in [-0.1, -0.05) is 18.2 Å². The van der Waals surface area contributed by atoms with Gasteiger partial charge in [0.25, 0.3) is 0 Å². The highest BCUT2D eigenvalue weighted by molar-refractivity contribution is 7.89. The minimum Gasteiger partial charge on any atom is -0.303 e. The van der Waals surface area contributed by atoms with Crippen LogP contribution in [0.15, 0.2) is 47.4 Å². The van der Waals surface area contributed by atoms with Crippen molar-refractivity contribution in [2.45, 2.75) is 36.7 Å². The lowest BCUT2D eigenvalue weighted by Gasteiger charge is -2.21. The van der Waals surface area contributed by atoms with Gasteiger partial charge in [0.2, 0.25) is 10.0 Å². The highest BCUT2D eigenvalue weighted by Gasteiger charge is 2.24. The summed E-state index contributed by atoms with van der Waals surface area (Å²) in [4.78, 5) is 0.0988. The maximum atomic E-state index is 13.5. The molecule has 122 valence electrons. The van der Waals surface area contributed by atoms with Crippen molar-refractivity contribution in [2.75, 3.05) is 0 Å². The third kappa shape index (κ3) is 3.44. The molecule has 0 fully saturated rings. The van der Waals surface area contributed by atoms with Crippen LogP contribution in [0, 0.1) is 5.82 Å². The highest BCUT2D eigenvalue weighted by atomic mass is 32.2. The smallest absolute Gasteiger partial charge is 0.238 e. The average Bonchev–Trinajstić information content (AvgIpc) is 2.89. The summed E-state index contributed by atoms with van der Waals surface area (Å²) < 4.78 is 36.0. The van der Waals surface area contributed by atoms with Crippen LogP contribution in [0.1, 0.15) is 42.1 Å². The predicted molar refractivity (Wildman–Crippen MR) is 86.8 cm³/mol. The molecule has 0 saturated heterocycles. The molecule has 2 atom stereocenters. The summed E-state index contributed by atoms with van der Waals surface area (Å²) in [6.07, 6.45) is 1.86. The summed E-state index contributed by atoms with van der Waals surface area (Å²) in [6, 6.07) is 11.6. The van der Waals surface area contributed by atoms with Crippen molar-refractivity contribution in [3.63, 3.8) is 0 Å². The van der Waals surface area contributed by atoms with Crippen LogP contribution in [0.4, 0.5) is 4.39 Å². The molecule has 0 bridgehead atoms. The second-order valence-electron chi connectivity index (χ2n) is 5.94. The lowest BCUT2D eigenvalue weighted by molar-refractivity contribution is 0.463. The van der Waals surface area contributed by atoms with E-state index in [0.29, 0.717) is 0 Å². The second kappa shape index (κ2) is 6.03. The minimum atomic E-state index is -3.67. The van der Waals surface area contributed by atoms with Gasteiger partial charge in [0.1, 0.15) is 5.82 Å². The molecular formula is C17H19FN2O2S. The zero-order chi connectivity index (χ0) is 16.6. The van der Waals surface area contributed by atoms with E-state index in [0.717, 1.165) is 24.0 Å². The zero-order valence-corrected chi connectivity index (χ0v) is 13.6. The number of benzene rings is 2. The monoisotopic (exact) mass is 334 g/mol. The van der Waals surface area contributed by atoms with E-state index in [1.807, 2.05) is 13.0 Å². The van der Waals surface area contributed by atoms with Gasteiger partial charge in [-0.05, 0) is 60.7 Å². The summed E-state index contributed by atoms with van der Waals surface area (Å²) in [7, 11) is -3.67. The van der Waals surface area contributed by atoms with Crippen LogP contribution in [-0.4, -0.2) is 8.42 Å². The van der Waals surface area contributed by atoms with Crippen LogP contribution in [0.3, 0.4) is 0 Å². The fourth-order valence-electron chi connectivity index (χ4n) is 3.09. The molecule has 0 heterocycles. The van der Waals surface area contributed by atoms with E-state index in [2.05, 4.69) is 5.32 Å². The molecule has 3 rings (SSSR count). The van der Waals surface area contributed by atoms with E-state index < -0.39 is 10.0 Å². The van der Waals surface area contributed by atoms with Crippen LogP contribution in [0.25, 0.3) is 0 Å². The number of hydrogen-bond donors (Lipinski definition) is 2. The van der Waals surface area contributed by atoms with Crippen LogP contribution in [0.2, 0.25) is 0 Å². The minimum absolute atomic E-state index is 0.0174. The molecule has 3 N–H and O–H groups in total. The van der Waals surface area contributed by atoms with Crippen molar-refractivity contribution in [2.24, 2.45) is 5.14 Å². The van der Waals surface area contributed by atoms with E-state index in [1.54, 1.807) is 18.2 Å². The standard InChI is InChI=1S/C17H19FN2O2S/c1-11(12-3-7-15(8-4-12)23(19,21)22)20-17-9-5-13-2-6-14(18)10-16(13)17/h2-4,6-8,10-11,17,20H,5,9H2,1H3,(H2,19,21,22)/t11-,17+/m1/s1. The molecule has 0 unspecified atom stereocenters. The molecule has 0 aromatic heterocycles. The molecule has 6 heteroatoms. The van der Waals surface area contributed by atoms with E-state index in [4.69, 9.17) is 5.14 Å². The number of nitrogens with two attached hydrogens (primary N) is 1. The molecule has 0 spiro atoms. The first-order chi connectivity index (χ1) is 10.8. The number of aryl methyl sites for hydroxylation is 1. The molecule has 2 aromatic rings. The lowest BCUT2D eigenvalue weighted by Crippen LogP contribution is -2.23. The van der Waals surface area contributed by atoms with Crippen LogP contribution >= 0.6 is 0 Å². The Labute approximate surface area is 135 Å². The summed E-state index contributed by atoms with van der Waals surface area (Å²) in [5, 5.41) is 8.59. The van der Waals surface area contributed by atoms with Crippen LogP contribution in [-0.2, 0) is 16.4 Å². The van der Waals surface area contributed by atoms with Crippen molar-refractivity contribution in [1.82, 2.24) is 5.32 Å². The van der Waals surface area contributed by atoms with E-state index >= 15 is 0 Å². The summed E-state index contributed by atoms with van der Waals surface area (Å²) >= 11 is 0. The first-order valence-corrected chi connectivity index (χ1v) is 9.06. The second-order valence-corrected chi connectivity index (χ2v) is 7.50. The Hall–Kier alpha value is -1.76. The number of fused-ring (bicyclic) bond motifs is 1. The van der Waals surface area contributed by atoms with Crippen molar-refractivity contribution in [3.8, 4) is 0 Å². The van der Waals surface area contributed by atoms with Crippen molar-refractivity contribution in [3.05, 3.63) is 65.0 Å². The Balaban J connectivity index is 1.76. The maximum Gasteiger partial charge on any atom is 0.238 e. The fourth-order valence-corrected chi connectivity index (χ4v) is 3.61. The van der Waals surface area contributed by atoms with E-state index in [-0.39, 0.29) is 22.8 Å². The fraction of sp³-hybridized carbons (Fsp3) is 0.294. The Bertz CT molecular complexity index is 819. The molecule has 4 nitrogen and oxygen atoms in total. The molecule has 0 radical (unpaired) electrons. The lowest BCUT2D eigenvalue weighted by atomic mass is 10.0. The summed E-state index contributed by atoms with van der Waals surface area (Å²) in [6.45, 7) is 2.00. The van der Waals surface area contributed by atoms with Crippen molar-refractivity contribution < 1.29 is 12.8 Å². The summed E-state index contributed by atoms with van der Waals surface area (Å²) in [5.74, 6) is -0.220. The third-order valence-corrected chi connectivity index (χ3v) is 5.27. The van der Waals surface area contributed by atoms with Gasteiger partial charge in [-0.2, -0.15) is 0 Å². The highest BCUT2D eigenvalue weighted by Crippen LogP contribution is 2.33. The predicted octanol–water partition coefficient (Wildman–Crippen LogP) is 2.81. The average molecular weight is 334 g/mol. The normalized spacial score (nSPS) is 18.7. The van der Waals surface area contributed by atoms with Crippen molar-refractivity contribution >= 4 is 10.0 Å². The Morgan fingerprint density at radius 2 is 1.91 bits per heavy atom. The van der Waals surface area contributed by atoms with E-state index in [1.165, 1.54) is 23.8 Å². The number of halogens is 1. The van der Waals surface area contributed by atoms with E-state index in [9.17, 15) is 12.8 Å². The molecule has 0 saturated carbocycles. The molecule has 1 aliphatic rings. The van der Waals surface area contributed by atoms with Gasteiger partial charge in [-0.25, -0.2) is 17.9 Å². The Morgan fingerprint density at radius 3 is 2.57 bits per heavy atom. The van der Waals surface area contributed by atoms with Gasteiger partial charge >= 0.3 is 0 Å². The number of sulfonamides is 1. The quantitative estimate of drug-likeness (QED) is 0.903. The number of hydrogen-bond acceptors (Lipinski definition) is 3. The largest absolute Gasteiger partial charge is 0.303 e. The number of nitrogens with one attached hydrogen (secondary N) is 1. The summed E-state index contributed by atoms with van der Waals surface area (Å²) in [5.41, 5.74) is 3.15. The van der Waals surface area contributed by atoms with Gasteiger partial charge in [-0.15, -0.1) is 0 Å². The van der Waals surface area contributed by atoms with Gasteiger partial charge in [0.05, 0.1) is 4.90 Å². The zero-order valence-electron chi connectivity index (χ0n) is 12.8. The molecule has 0 aliphatic heterocycles. The van der Waals surface area contributed by atoms with Gasteiger partial charge < -0.3 is 5.32 Å². The maximum absolute atomic E-state index is 13.5. The Morgan fingerprint density at radius 1 is 1.22 bits per heavy atom. The number of primary sulfonamides is 1. The first-order valence-electron chi connectivity index (χ1n) is 7.52. The topological polar surface area (TPSA) is 72.2 Å². The molecular weight excluding hydrogens is 315 g/mol. The number of rotatable bonds is 4. The van der Waals surface area contributed by atoms with Gasteiger partial charge in [0, 0.05) is 12.1 Å². The molecule has 1 aliphatic carbocycles. The van der Waals surface area contributed by atoms with Gasteiger partial charge in [0.15, 0.2) is 0 Å². The molecule has 0 amide bonds. The Kier molecular flexibility index (Phi) is 4.23. The van der Waals surface area contributed by atoms with Crippen LogP contribution < -0.4 is 10.5 Å². The van der Waals surface area contributed by atoms with Crippen LogP contribution in [0.5, 0.6) is 0 Å². The molecule has 23 heavy (non-hydrogen) atoms. The van der Waals surface area contributed by atoms with Gasteiger partial charge in [-0.3, -0.25) is 0 Å².